The molecular formula is C22H30N3O2S+. The third kappa shape index (κ3) is 6.39. The SMILES string of the molecule is CSc1ccccc1NC(=O)C[NH+](C)CC(=O)N[C@@H](C)c1ccc(C)c(C)c1. The number of carbonyl (C=O) groups excluding carboxylic acids is 2. The largest absolute Gasteiger partial charge is 0.345 e. The van der Waals surface area contributed by atoms with Gasteiger partial charge in [0.25, 0.3) is 11.8 Å². The summed E-state index contributed by atoms with van der Waals surface area (Å²) in [5.41, 5.74) is 4.34. The van der Waals surface area contributed by atoms with Crippen LogP contribution < -0.4 is 15.5 Å². The highest BCUT2D eigenvalue weighted by Gasteiger charge is 2.17. The van der Waals surface area contributed by atoms with Crippen LogP contribution in [0, 0.1) is 13.8 Å². The Hall–Kier alpha value is -2.31. The highest BCUT2D eigenvalue weighted by Crippen LogP contribution is 2.24. The average Bonchev–Trinajstić information content (AvgIpc) is 2.63. The number of nitrogens with one attached hydrogen (secondary N) is 3. The lowest BCUT2D eigenvalue weighted by Crippen LogP contribution is -3.11. The predicted octanol–water partition coefficient (Wildman–Crippen LogP) is 2.36. The summed E-state index contributed by atoms with van der Waals surface area (Å²) in [6.07, 6.45) is 1.98. The number of para-hydroxylation sites is 1. The van der Waals surface area contributed by atoms with Crippen molar-refractivity contribution in [1.29, 1.82) is 0 Å². The van der Waals surface area contributed by atoms with Gasteiger partial charge in [-0.1, -0.05) is 30.3 Å². The van der Waals surface area contributed by atoms with Crippen LogP contribution in [0.5, 0.6) is 0 Å². The summed E-state index contributed by atoms with van der Waals surface area (Å²) >= 11 is 1.59. The molecule has 0 saturated heterocycles. The van der Waals surface area contributed by atoms with Crippen LogP contribution >= 0.6 is 11.8 Å². The van der Waals surface area contributed by atoms with Gasteiger partial charge in [-0.25, -0.2) is 0 Å². The number of carbonyl (C=O) groups is 2. The molecule has 0 saturated carbocycles. The molecule has 0 aliphatic heterocycles. The molecule has 2 aromatic rings. The zero-order chi connectivity index (χ0) is 20.7. The van der Waals surface area contributed by atoms with E-state index in [4.69, 9.17) is 0 Å². The minimum Gasteiger partial charge on any atom is -0.345 e. The van der Waals surface area contributed by atoms with Crippen LogP contribution in [-0.2, 0) is 9.59 Å². The number of quaternary nitrogens is 1. The number of aryl methyl sites for hydroxylation is 2. The van der Waals surface area contributed by atoms with Crippen molar-refractivity contribution < 1.29 is 14.5 Å². The van der Waals surface area contributed by atoms with Gasteiger partial charge in [0.1, 0.15) is 0 Å². The number of likely N-dealkylation sites (N-methyl/N-ethyl adjacent to an activating group) is 1. The fourth-order valence-electron chi connectivity index (χ4n) is 2.96. The second-order valence-electron chi connectivity index (χ2n) is 7.19. The van der Waals surface area contributed by atoms with E-state index in [0.29, 0.717) is 0 Å². The Labute approximate surface area is 171 Å². The van der Waals surface area contributed by atoms with Gasteiger partial charge in [0, 0.05) is 4.90 Å². The Bertz CT molecular complexity index is 838. The highest BCUT2D eigenvalue weighted by molar-refractivity contribution is 7.98. The summed E-state index contributed by atoms with van der Waals surface area (Å²) in [4.78, 5) is 26.5. The van der Waals surface area contributed by atoms with Crippen molar-refractivity contribution in [2.45, 2.75) is 31.7 Å². The molecule has 2 atom stereocenters. The van der Waals surface area contributed by atoms with Gasteiger partial charge in [0.05, 0.1) is 18.8 Å². The molecule has 0 aromatic heterocycles. The van der Waals surface area contributed by atoms with Gasteiger partial charge < -0.3 is 15.5 Å². The summed E-state index contributed by atoms with van der Waals surface area (Å²) < 4.78 is 0. The second kappa shape index (κ2) is 10.3. The lowest BCUT2D eigenvalue weighted by molar-refractivity contribution is -0.862. The molecule has 2 rings (SSSR count). The predicted molar refractivity (Wildman–Crippen MR) is 116 cm³/mol. The Morgan fingerprint density at radius 3 is 2.39 bits per heavy atom. The fraction of sp³-hybridized carbons (Fsp3) is 0.364. The fourth-order valence-corrected chi connectivity index (χ4v) is 3.52. The molecular weight excluding hydrogens is 370 g/mol. The molecule has 5 nitrogen and oxygen atoms in total. The lowest BCUT2D eigenvalue weighted by Gasteiger charge is -2.18. The van der Waals surface area contributed by atoms with Gasteiger partial charge in [0.2, 0.25) is 0 Å². The van der Waals surface area contributed by atoms with Crippen molar-refractivity contribution >= 4 is 29.3 Å². The van der Waals surface area contributed by atoms with E-state index >= 15 is 0 Å². The Balaban J connectivity index is 1.84. The van der Waals surface area contributed by atoms with E-state index in [1.54, 1.807) is 11.8 Å². The molecule has 150 valence electrons. The molecule has 3 N–H and O–H groups in total. The molecule has 2 aromatic carbocycles. The minimum atomic E-state index is -0.103. The van der Waals surface area contributed by atoms with Gasteiger partial charge in [-0.15, -0.1) is 11.8 Å². The van der Waals surface area contributed by atoms with E-state index in [-0.39, 0.29) is 30.9 Å². The molecule has 2 amide bonds. The van der Waals surface area contributed by atoms with Crippen molar-refractivity contribution in [3.63, 3.8) is 0 Å². The lowest BCUT2D eigenvalue weighted by atomic mass is 10.0. The van der Waals surface area contributed by atoms with Crippen LogP contribution in [0.2, 0.25) is 0 Å². The Kier molecular flexibility index (Phi) is 8.08. The number of thioether (sulfide) groups is 1. The van der Waals surface area contributed by atoms with Gasteiger partial charge in [-0.3, -0.25) is 9.59 Å². The second-order valence-corrected chi connectivity index (χ2v) is 8.04. The number of anilines is 1. The van der Waals surface area contributed by atoms with E-state index in [0.717, 1.165) is 21.0 Å². The first-order chi connectivity index (χ1) is 13.3. The van der Waals surface area contributed by atoms with Crippen LogP contribution in [0.4, 0.5) is 5.69 Å². The molecule has 28 heavy (non-hydrogen) atoms. The summed E-state index contributed by atoms with van der Waals surface area (Å²) in [6.45, 7) is 6.59. The summed E-state index contributed by atoms with van der Waals surface area (Å²) in [7, 11) is 1.85. The van der Waals surface area contributed by atoms with Crippen molar-refractivity contribution in [1.82, 2.24) is 5.32 Å². The third-order valence-electron chi connectivity index (χ3n) is 4.71. The van der Waals surface area contributed by atoms with Crippen molar-refractivity contribution in [2.24, 2.45) is 0 Å². The molecule has 0 aliphatic carbocycles. The quantitative estimate of drug-likeness (QED) is 0.596. The Morgan fingerprint density at radius 2 is 1.71 bits per heavy atom. The maximum atomic E-state index is 12.4. The summed E-state index contributed by atoms with van der Waals surface area (Å²) in [5, 5.41) is 5.95. The first-order valence-electron chi connectivity index (χ1n) is 9.40. The Morgan fingerprint density at radius 1 is 1.04 bits per heavy atom. The number of hydrogen-bond acceptors (Lipinski definition) is 3. The van der Waals surface area contributed by atoms with Crippen LogP contribution in [-0.4, -0.2) is 38.2 Å². The summed E-state index contributed by atoms with van der Waals surface area (Å²) in [6, 6.07) is 13.8. The standard InChI is InChI=1S/C22H29N3O2S/c1-15-10-11-18(12-16(15)2)17(3)23-21(26)13-25(4)14-22(27)24-19-8-6-7-9-20(19)28-5/h6-12,17H,13-14H2,1-5H3,(H,23,26)(H,24,27)/p+1/t17-/m0/s1. The van der Waals surface area contributed by atoms with E-state index in [2.05, 4.69) is 36.6 Å². The molecule has 0 radical (unpaired) electrons. The average molecular weight is 401 g/mol. The maximum absolute atomic E-state index is 12.4. The molecule has 0 aliphatic rings. The topological polar surface area (TPSA) is 62.6 Å². The van der Waals surface area contributed by atoms with Crippen LogP contribution in [0.25, 0.3) is 0 Å². The van der Waals surface area contributed by atoms with E-state index in [1.807, 2.05) is 50.6 Å². The first kappa shape index (κ1) is 22.0. The van der Waals surface area contributed by atoms with Gasteiger partial charge in [-0.2, -0.15) is 0 Å². The van der Waals surface area contributed by atoms with Crippen molar-refractivity contribution in [3.05, 3.63) is 59.2 Å². The number of rotatable bonds is 8. The smallest absolute Gasteiger partial charge is 0.279 e. The zero-order valence-electron chi connectivity index (χ0n) is 17.3. The van der Waals surface area contributed by atoms with Crippen LogP contribution in [0.1, 0.15) is 29.7 Å². The van der Waals surface area contributed by atoms with Gasteiger partial charge in [-0.05, 0) is 55.9 Å². The minimum absolute atomic E-state index is 0.0677. The number of amides is 2. The van der Waals surface area contributed by atoms with E-state index in [1.165, 1.54) is 11.1 Å². The highest BCUT2D eigenvalue weighted by atomic mass is 32.2. The summed E-state index contributed by atoms with van der Waals surface area (Å²) in [5.74, 6) is -0.172. The number of hydrogen-bond donors (Lipinski definition) is 3. The molecule has 0 bridgehead atoms. The molecule has 1 unspecified atom stereocenters. The van der Waals surface area contributed by atoms with Gasteiger partial charge >= 0.3 is 0 Å². The van der Waals surface area contributed by atoms with Crippen molar-refractivity contribution in [3.8, 4) is 0 Å². The van der Waals surface area contributed by atoms with Crippen LogP contribution in [0.15, 0.2) is 47.4 Å². The van der Waals surface area contributed by atoms with Crippen LogP contribution in [0.3, 0.4) is 0 Å². The third-order valence-corrected chi connectivity index (χ3v) is 5.51. The van der Waals surface area contributed by atoms with Gasteiger partial charge in [0.15, 0.2) is 13.1 Å². The number of benzene rings is 2. The van der Waals surface area contributed by atoms with E-state index < -0.39 is 0 Å². The van der Waals surface area contributed by atoms with E-state index in [9.17, 15) is 9.59 Å². The maximum Gasteiger partial charge on any atom is 0.279 e. The normalized spacial score (nSPS) is 12.9. The molecule has 0 spiro atoms. The monoisotopic (exact) mass is 400 g/mol. The molecule has 0 heterocycles. The first-order valence-corrected chi connectivity index (χ1v) is 10.6. The molecule has 0 fully saturated rings. The zero-order valence-corrected chi connectivity index (χ0v) is 18.1. The van der Waals surface area contributed by atoms with Crippen molar-refractivity contribution in [2.75, 3.05) is 31.7 Å². The molecule has 6 heteroatoms.